The summed E-state index contributed by atoms with van der Waals surface area (Å²) in [4.78, 5) is 23.6. The van der Waals surface area contributed by atoms with Gasteiger partial charge in [0.15, 0.2) is 5.75 Å². The molecule has 2 aromatic carbocycles. The zero-order valence-electron chi connectivity index (χ0n) is 14.8. The lowest BCUT2D eigenvalue weighted by atomic mass is 9.80. The van der Waals surface area contributed by atoms with Gasteiger partial charge in [-0.3, -0.25) is 14.1 Å². The van der Waals surface area contributed by atoms with Gasteiger partial charge >= 0.3 is 0 Å². The van der Waals surface area contributed by atoms with Crippen molar-refractivity contribution in [1.82, 2.24) is 0 Å². The lowest BCUT2D eigenvalue weighted by Gasteiger charge is -2.25. The molecule has 0 fully saturated rings. The van der Waals surface area contributed by atoms with Gasteiger partial charge in [-0.2, -0.15) is 8.42 Å². The number of methoxy groups -OCH3 is 1. The molecule has 2 aromatic rings. The zero-order chi connectivity index (χ0) is 19.4. The minimum absolute atomic E-state index is 0.0477. The molecule has 2 N–H and O–H groups in total. The summed E-state index contributed by atoms with van der Waals surface area (Å²) in [5.41, 5.74) is 1.08. The van der Waals surface area contributed by atoms with Crippen LogP contribution in [0.25, 0.3) is 5.57 Å². The predicted octanol–water partition coefficient (Wildman–Crippen LogP) is 2.06. The number of anilines is 1. The summed E-state index contributed by atoms with van der Waals surface area (Å²) in [5, 5.41) is 3.23. The molecule has 0 radical (unpaired) electrons. The van der Waals surface area contributed by atoms with Gasteiger partial charge in [-0.25, -0.2) is 0 Å². The Balaban J connectivity index is 2.23. The Bertz CT molecular complexity index is 1120. The first-order chi connectivity index (χ1) is 12.0. The highest BCUT2D eigenvalue weighted by molar-refractivity contribution is 7.85. The van der Waals surface area contributed by atoms with E-state index in [1.165, 1.54) is 19.2 Å². The summed E-state index contributed by atoms with van der Waals surface area (Å²) < 4.78 is 37.3. The molecule has 138 valence electrons. The van der Waals surface area contributed by atoms with Crippen LogP contribution in [0, 0.1) is 0 Å². The van der Waals surface area contributed by atoms with Crippen LogP contribution in [0.4, 0.5) is 5.69 Å². The minimum Gasteiger partial charge on any atom is -0.492 e. The maximum atomic E-state index is 12.1. The van der Waals surface area contributed by atoms with E-state index in [0.717, 1.165) is 0 Å². The third kappa shape index (κ3) is 2.48. The molecule has 0 aliphatic carbocycles. The lowest BCUT2D eigenvalue weighted by Crippen LogP contribution is -2.37. The Morgan fingerprint density at radius 1 is 1.23 bits per heavy atom. The number of nitrogens with one attached hydrogen (secondary N) is 1. The predicted molar refractivity (Wildman–Crippen MR) is 98.0 cm³/mol. The Labute approximate surface area is 150 Å². The number of hydrogen-bond donors (Lipinski definition) is 2. The Hall–Kier alpha value is -2.45. The van der Waals surface area contributed by atoms with Crippen molar-refractivity contribution in [2.45, 2.75) is 37.5 Å². The van der Waals surface area contributed by atoms with Crippen molar-refractivity contribution < 1.29 is 17.7 Å². The number of hydrogen-bond acceptors (Lipinski definition) is 6. The third-order valence-corrected chi connectivity index (χ3v) is 5.72. The van der Waals surface area contributed by atoms with Gasteiger partial charge in [0.25, 0.3) is 15.5 Å². The number of rotatable bonds is 4. The van der Waals surface area contributed by atoms with Crippen LogP contribution in [0.2, 0.25) is 0 Å². The second-order valence-electron chi connectivity index (χ2n) is 6.71. The quantitative estimate of drug-likeness (QED) is 0.620. The molecule has 0 amide bonds. The maximum Gasteiger partial charge on any atom is 0.294 e. The van der Waals surface area contributed by atoms with Crippen molar-refractivity contribution in [2.24, 2.45) is 0 Å². The van der Waals surface area contributed by atoms with Gasteiger partial charge < -0.3 is 10.1 Å². The van der Waals surface area contributed by atoms with Crippen LogP contribution in [0.3, 0.4) is 0 Å². The minimum atomic E-state index is -4.33. The average Bonchev–Trinajstić information content (AvgIpc) is 2.84. The van der Waals surface area contributed by atoms with Crippen molar-refractivity contribution >= 4 is 21.4 Å². The smallest absolute Gasteiger partial charge is 0.294 e. The summed E-state index contributed by atoms with van der Waals surface area (Å²) in [7, 11) is -2.98. The molecule has 0 saturated heterocycles. The van der Waals surface area contributed by atoms with E-state index in [9.17, 15) is 22.6 Å². The molecule has 1 aliphatic rings. The fraction of sp³-hybridized carbons (Fsp3) is 0.333. The highest BCUT2D eigenvalue weighted by atomic mass is 32.2. The molecular weight excluding hydrogens is 358 g/mol. The zero-order valence-corrected chi connectivity index (χ0v) is 15.7. The molecule has 7 nitrogen and oxygen atoms in total. The van der Waals surface area contributed by atoms with Crippen molar-refractivity contribution in [3.05, 3.63) is 55.5 Å². The van der Waals surface area contributed by atoms with Gasteiger partial charge in [-0.05, 0) is 35.8 Å². The molecule has 0 bridgehead atoms. The van der Waals surface area contributed by atoms with E-state index in [2.05, 4.69) is 5.32 Å². The Morgan fingerprint density at radius 3 is 2.42 bits per heavy atom. The molecule has 3 rings (SSSR count). The van der Waals surface area contributed by atoms with Crippen LogP contribution in [0.15, 0.2) is 38.4 Å². The molecular formula is C18H19NO6S. The van der Waals surface area contributed by atoms with Crippen molar-refractivity contribution in [1.29, 1.82) is 0 Å². The van der Waals surface area contributed by atoms with Crippen LogP contribution >= 0.6 is 0 Å². The SMILES string of the molecule is CCC(=C1Nc2ccc(S(=O)(=O)O)cc2C1(C)C)c1c(OC)c(=O)c1=O. The first kappa shape index (κ1) is 18.3. The normalized spacial score (nSPS) is 17.7. The second-order valence-corrected chi connectivity index (χ2v) is 8.13. The largest absolute Gasteiger partial charge is 0.492 e. The van der Waals surface area contributed by atoms with E-state index in [1.54, 1.807) is 6.07 Å². The Kier molecular flexibility index (Phi) is 4.08. The molecule has 1 heterocycles. The van der Waals surface area contributed by atoms with Crippen LogP contribution in [-0.2, 0) is 15.5 Å². The Morgan fingerprint density at radius 2 is 1.88 bits per heavy atom. The second kappa shape index (κ2) is 5.78. The van der Waals surface area contributed by atoms with Crippen LogP contribution in [0.1, 0.15) is 38.3 Å². The van der Waals surface area contributed by atoms with Crippen molar-refractivity contribution in [3.8, 4) is 5.75 Å². The average molecular weight is 377 g/mol. The molecule has 0 unspecified atom stereocenters. The van der Waals surface area contributed by atoms with Crippen LogP contribution < -0.4 is 20.9 Å². The highest BCUT2D eigenvalue weighted by Crippen LogP contribution is 2.47. The van der Waals surface area contributed by atoms with E-state index < -0.39 is 26.4 Å². The number of fused-ring (bicyclic) bond motifs is 1. The van der Waals surface area contributed by atoms with Gasteiger partial charge in [0.05, 0.1) is 17.6 Å². The summed E-state index contributed by atoms with van der Waals surface area (Å²) in [6.45, 7) is 5.62. The summed E-state index contributed by atoms with van der Waals surface area (Å²) in [6.07, 6.45) is 0.478. The molecule has 0 aromatic heterocycles. The third-order valence-electron chi connectivity index (χ3n) is 4.87. The van der Waals surface area contributed by atoms with Gasteiger partial charge in [0.2, 0.25) is 5.43 Å². The van der Waals surface area contributed by atoms with Crippen LogP contribution in [0.5, 0.6) is 5.75 Å². The topological polar surface area (TPSA) is 110 Å². The fourth-order valence-corrected chi connectivity index (χ4v) is 4.01. The maximum absolute atomic E-state index is 12.1. The van der Waals surface area contributed by atoms with Gasteiger partial charge in [0.1, 0.15) is 0 Å². The number of ether oxygens (including phenoxy) is 1. The van der Waals surface area contributed by atoms with Crippen LogP contribution in [-0.4, -0.2) is 20.1 Å². The summed E-state index contributed by atoms with van der Waals surface area (Å²) >= 11 is 0. The molecule has 0 atom stereocenters. The first-order valence-electron chi connectivity index (χ1n) is 8.04. The number of benzene rings is 1. The fourth-order valence-electron chi connectivity index (χ4n) is 3.51. The van der Waals surface area contributed by atoms with E-state index in [0.29, 0.717) is 28.9 Å². The van der Waals surface area contributed by atoms with E-state index in [-0.39, 0.29) is 16.2 Å². The number of allylic oxidation sites excluding steroid dienone is 2. The monoisotopic (exact) mass is 377 g/mol. The summed E-state index contributed by atoms with van der Waals surface area (Å²) in [5.74, 6) is 0.0477. The van der Waals surface area contributed by atoms with Crippen molar-refractivity contribution in [2.75, 3.05) is 12.4 Å². The van der Waals surface area contributed by atoms with Gasteiger partial charge in [0, 0.05) is 16.8 Å². The molecule has 0 spiro atoms. The van der Waals surface area contributed by atoms with E-state index in [1.807, 2.05) is 20.8 Å². The van der Waals surface area contributed by atoms with E-state index >= 15 is 0 Å². The lowest BCUT2D eigenvalue weighted by molar-refractivity contribution is 0.403. The summed E-state index contributed by atoms with van der Waals surface area (Å²) in [6, 6.07) is 4.29. The standard InChI is InChI=1S/C18H19NO6S/c1-5-10(13-14(20)15(21)16(13)25-4)17-18(2,3)11-8-9(26(22,23)24)6-7-12(11)19-17/h6-8,19H,5H2,1-4H3,(H,22,23,24). The molecule has 8 heteroatoms. The first-order valence-corrected chi connectivity index (χ1v) is 9.48. The highest BCUT2D eigenvalue weighted by Gasteiger charge is 2.39. The van der Waals surface area contributed by atoms with E-state index in [4.69, 9.17) is 4.74 Å². The molecule has 0 saturated carbocycles. The molecule has 1 aliphatic heterocycles. The van der Waals surface area contributed by atoms with Gasteiger partial charge in [-0.15, -0.1) is 0 Å². The van der Waals surface area contributed by atoms with Crippen molar-refractivity contribution in [3.63, 3.8) is 0 Å². The molecule has 26 heavy (non-hydrogen) atoms. The van der Waals surface area contributed by atoms with Gasteiger partial charge in [-0.1, -0.05) is 20.8 Å².